The van der Waals surface area contributed by atoms with Crippen LogP contribution in [-0.4, -0.2) is 78.6 Å². The van der Waals surface area contributed by atoms with Gasteiger partial charge < -0.3 is 29.9 Å². The van der Waals surface area contributed by atoms with Gasteiger partial charge in [-0.3, -0.25) is 0 Å². The molecule has 9 heteroatoms. The van der Waals surface area contributed by atoms with Crippen molar-refractivity contribution in [3.63, 3.8) is 0 Å². The molecule has 0 aromatic heterocycles. The van der Waals surface area contributed by atoms with Crippen LogP contribution in [0.1, 0.15) is 0 Å². The molecule has 0 aromatic carbocycles. The number of rotatable bonds is 4. The molecule has 1 rings (SSSR count). The first-order valence-electron chi connectivity index (χ1n) is 5.58. The number of morpholine rings is 1. The van der Waals surface area contributed by atoms with Crippen molar-refractivity contribution < 1.29 is 34.1 Å². The number of hydrogen-bond acceptors (Lipinski definition) is 6. The molecule has 108 valence electrons. The van der Waals surface area contributed by atoms with Crippen molar-refractivity contribution in [2.45, 2.75) is 12.1 Å². The highest BCUT2D eigenvalue weighted by Gasteiger charge is 2.33. The van der Waals surface area contributed by atoms with E-state index in [0.29, 0.717) is 0 Å². The molecule has 3 N–H and O–H groups in total. The predicted octanol–water partition coefficient (Wildman–Crippen LogP) is -1.98. The van der Waals surface area contributed by atoms with E-state index >= 15 is 0 Å². The lowest BCUT2D eigenvalue weighted by atomic mass is 10.2. The van der Waals surface area contributed by atoms with Gasteiger partial charge in [-0.2, -0.15) is 0 Å². The van der Waals surface area contributed by atoms with Crippen molar-refractivity contribution in [1.82, 2.24) is 10.2 Å². The van der Waals surface area contributed by atoms with Gasteiger partial charge in [0.1, 0.15) is 0 Å². The molecular formula is C10H16N2O7. The number of carboxylic acid groups (broad SMARTS) is 1. The minimum Gasteiger partial charge on any atom is -0.479 e. The van der Waals surface area contributed by atoms with E-state index in [1.807, 2.05) is 0 Å². The van der Waals surface area contributed by atoms with Crippen LogP contribution in [0.5, 0.6) is 0 Å². The van der Waals surface area contributed by atoms with Crippen LogP contribution >= 0.6 is 0 Å². The molecule has 9 nitrogen and oxygen atoms in total. The van der Waals surface area contributed by atoms with Gasteiger partial charge in [0.2, 0.25) is 0 Å². The van der Waals surface area contributed by atoms with Gasteiger partial charge in [-0.1, -0.05) is 0 Å². The summed E-state index contributed by atoms with van der Waals surface area (Å²) >= 11 is 0. The lowest BCUT2D eigenvalue weighted by Gasteiger charge is -2.33. The molecule has 0 radical (unpaired) electrons. The van der Waals surface area contributed by atoms with Gasteiger partial charge in [0, 0.05) is 6.54 Å². The number of aliphatic hydroxyl groups excluding tert-OH is 1. The third kappa shape index (κ3) is 4.07. The highest BCUT2D eigenvalue weighted by molar-refractivity contribution is 5.84. The van der Waals surface area contributed by atoms with Gasteiger partial charge in [0.15, 0.2) is 12.1 Å². The number of carboxylic acids is 1. The Morgan fingerprint density at radius 1 is 1.53 bits per heavy atom. The Hall–Kier alpha value is -1.87. The number of hydrogen-bond donors (Lipinski definition) is 3. The van der Waals surface area contributed by atoms with Crippen LogP contribution in [0.2, 0.25) is 0 Å². The number of aliphatic hydroxyl groups is 1. The molecule has 1 fully saturated rings. The monoisotopic (exact) mass is 276 g/mol. The van der Waals surface area contributed by atoms with Crippen molar-refractivity contribution in [1.29, 1.82) is 0 Å². The molecule has 0 spiro atoms. The number of methoxy groups -OCH3 is 1. The standard InChI is InChI=1S/C10H16N2O7/c1-18-9(16)6-5-19-3-2-12(6)10(17)11-4-7(13)8(14)15/h6-7,13H,2-5H2,1H3,(H,11,17)(H,14,15)/t6?,7-/m0/s1. The molecule has 2 amide bonds. The molecule has 1 aliphatic rings. The van der Waals surface area contributed by atoms with Crippen LogP contribution < -0.4 is 5.32 Å². The van der Waals surface area contributed by atoms with Crippen molar-refractivity contribution in [3.05, 3.63) is 0 Å². The van der Waals surface area contributed by atoms with E-state index in [9.17, 15) is 14.4 Å². The van der Waals surface area contributed by atoms with E-state index in [4.69, 9.17) is 14.9 Å². The number of aliphatic carboxylic acids is 1. The van der Waals surface area contributed by atoms with Crippen LogP contribution in [0, 0.1) is 0 Å². The number of nitrogens with zero attached hydrogens (tertiary/aromatic N) is 1. The molecule has 0 saturated carbocycles. The summed E-state index contributed by atoms with van der Waals surface area (Å²) < 4.78 is 9.63. The van der Waals surface area contributed by atoms with Crippen LogP contribution in [0.25, 0.3) is 0 Å². The molecule has 0 aliphatic carbocycles. The lowest BCUT2D eigenvalue weighted by molar-refractivity contribution is -0.151. The molecule has 0 bridgehead atoms. The summed E-state index contributed by atoms with van der Waals surface area (Å²) in [5.74, 6) is -2.06. The molecule has 0 aromatic rings. The van der Waals surface area contributed by atoms with Gasteiger partial charge >= 0.3 is 18.0 Å². The zero-order valence-electron chi connectivity index (χ0n) is 10.4. The van der Waals surface area contributed by atoms with E-state index < -0.39 is 36.7 Å². The number of nitrogens with one attached hydrogen (secondary N) is 1. The first-order chi connectivity index (χ1) is 8.97. The van der Waals surface area contributed by atoms with Gasteiger partial charge in [0.05, 0.1) is 26.9 Å². The van der Waals surface area contributed by atoms with Crippen molar-refractivity contribution in [2.75, 3.05) is 33.4 Å². The van der Waals surface area contributed by atoms with Crippen molar-refractivity contribution >= 4 is 18.0 Å². The smallest absolute Gasteiger partial charge is 0.334 e. The van der Waals surface area contributed by atoms with Gasteiger partial charge in [-0.25, -0.2) is 14.4 Å². The third-order valence-electron chi connectivity index (χ3n) is 2.59. The Morgan fingerprint density at radius 3 is 2.79 bits per heavy atom. The first-order valence-corrected chi connectivity index (χ1v) is 5.58. The zero-order valence-corrected chi connectivity index (χ0v) is 10.4. The Balaban J connectivity index is 2.57. The average molecular weight is 276 g/mol. The van der Waals surface area contributed by atoms with E-state index in [0.717, 1.165) is 0 Å². The zero-order chi connectivity index (χ0) is 14.4. The molecule has 2 atom stereocenters. The summed E-state index contributed by atoms with van der Waals surface area (Å²) in [5, 5.41) is 19.8. The largest absolute Gasteiger partial charge is 0.479 e. The lowest BCUT2D eigenvalue weighted by Crippen LogP contribution is -2.56. The fraction of sp³-hybridized carbons (Fsp3) is 0.700. The second kappa shape index (κ2) is 6.90. The quantitative estimate of drug-likeness (QED) is 0.508. The van der Waals surface area contributed by atoms with Crippen molar-refractivity contribution in [3.8, 4) is 0 Å². The average Bonchev–Trinajstić information content (AvgIpc) is 2.43. The number of ether oxygens (including phenoxy) is 2. The maximum atomic E-state index is 11.8. The second-order valence-electron chi connectivity index (χ2n) is 3.85. The normalized spacial score (nSPS) is 20.5. The van der Waals surface area contributed by atoms with Gasteiger partial charge in [0.25, 0.3) is 0 Å². The molecule has 1 aliphatic heterocycles. The molecule has 19 heavy (non-hydrogen) atoms. The summed E-state index contributed by atoms with van der Waals surface area (Å²) in [6.07, 6.45) is -1.69. The second-order valence-corrected chi connectivity index (χ2v) is 3.85. The fourth-order valence-corrected chi connectivity index (χ4v) is 1.55. The Kier molecular flexibility index (Phi) is 5.52. The number of carbonyl (C=O) groups excluding carboxylic acids is 2. The highest BCUT2D eigenvalue weighted by atomic mass is 16.5. The van der Waals surface area contributed by atoms with Crippen LogP contribution in [0.3, 0.4) is 0 Å². The van der Waals surface area contributed by atoms with E-state index in [1.165, 1.54) is 12.0 Å². The highest BCUT2D eigenvalue weighted by Crippen LogP contribution is 2.08. The van der Waals surface area contributed by atoms with Crippen LogP contribution in [-0.2, 0) is 19.1 Å². The summed E-state index contributed by atoms with van der Waals surface area (Å²) in [6.45, 7) is 0.0121. The first kappa shape index (κ1) is 15.2. The summed E-state index contributed by atoms with van der Waals surface area (Å²) in [5.41, 5.74) is 0. The minimum absolute atomic E-state index is 0.0155. The molecule has 1 heterocycles. The Labute approximate surface area is 109 Å². The Bertz CT molecular complexity index is 360. The fourth-order valence-electron chi connectivity index (χ4n) is 1.55. The maximum absolute atomic E-state index is 11.8. The number of carbonyl (C=O) groups is 3. The van der Waals surface area contributed by atoms with Gasteiger partial charge in [-0.05, 0) is 0 Å². The molecule has 1 saturated heterocycles. The SMILES string of the molecule is COC(=O)C1COCCN1C(=O)NC[C@H](O)C(=O)O. The van der Waals surface area contributed by atoms with Crippen LogP contribution in [0.4, 0.5) is 4.79 Å². The van der Waals surface area contributed by atoms with Crippen LogP contribution in [0.15, 0.2) is 0 Å². The molecular weight excluding hydrogens is 260 g/mol. The predicted molar refractivity (Wildman–Crippen MR) is 60.4 cm³/mol. The van der Waals surface area contributed by atoms with Gasteiger partial charge in [-0.15, -0.1) is 0 Å². The number of urea groups is 1. The minimum atomic E-state index is -1.69. The van der Waals surface area contributed by atoms with E-state index in [2.05, 4.69) is 10.1 Å². The Morgan fingerprint density at radius 2 is 2.21 bits per heavy atom. The topological polar surface area (TPSA) is 125 Å². The summed E-state index contributed by atoms with van der Waals surface area (Å²) in [4.78, 5) is 34.8. The van der Waals surface area contributed by atoms with E-state index in [1.54, 1.807) is 0 Å². The maximum Gasteiger partial charge on any atom is 0.334 e. The van der Waals surface area contributed by atoms with E-state index in [-0.39, 0.29) is 19.8 Å². The number of amides is 2. The number of esters is 1. The van der Waals surface area contributed by atoms with Crippen molar-refractivity contribution in [2.24, 2.45) is 0 Å². The molecule has 1 unspecified atom stereocenters. The third-order valence-corrected chi connectivity index (χ3v) is 2.59. The summed E-state index contributed by atoms with van der Waals surface area (Å²) in [6, 6.07) is -1.53. The summed E-state index contributed by atoms with van der Waals surface area (Å²) in [7, 11) is 1.20.